The second kappa shape index (κ2) is 10.2. The van der Waals surface area contributed by atoms with Gasteiger partial charge in [0.1, 0.15) is 0 Å². The molecule has 0 atom stereocenters. The van der Waals surface area contributed by atoms with Crippen LogP contribution in [0.2, 0.25) is 0 Å². The maximum atomic E-state index is 12.4. The molecular formula is C25H29N3O3. The molecule has 1 N–H and O–H groups in total. The molecule has 6 heteroatoms. The van der Waals surface area contributed by atoms with Crippen LogP contribution in [0.5, 0.6) is 11.5 Å². The molecule has 2 aromatic carbocycles. The van der Waals surface area contributed by atoms with Crippen molar-refractivity contribution >= 4 is 22.5 Å². The largest absolute Gasteiger partial charge is 0.490 e. The van der Waals surface area contributed by atoms with E-state index >= 15 is 0 Å². The number of anilines is 1. The van der Waals surface area contributed by atoms with E-state index in [0.717, 1.165) is 48.1 Å². The summed E-state index contributed by atoms with van der Waals surface area (Å²) in [5.74, 6) is 1.30. The number of hydrogen-bond acceptors (Lipinski definition) is 5. The number of fused-ring (bicyclic) bond motifs is 1. The Balaban J connectivity index is 1.39. The van der Waals surface area contributed by atoms with Gasteiger partial charge in [-0.25, -0.2) is 0 Å². The van der Waals surface area contributed by atoms with Gasteiger partial charge in [-0.3, -0.25) is 9.78 Å². The van der Waals surface area contributed by atoms with E-state index in [-0.39, 0.29) is 12.5 Å². The summed E-state index contributed by atoms with van der Waals surface area (Å²) in [4.78, 5) is 18.8. The van der Waals surface area contributed by atoms with E-state index in [1.807, 2.05) is 54.4 Å². The number of ether oxygens (including phenoxy) is 2. The summed E-state index contributed by atoms with van der Waals surface area (Å²) in [6.07, 6.45) is 5.19. The highest BCUT2D eigenvalue weighted by atomic mass is 16.5. The van der Waals surface area contributed by atoms with Gasteiger partial charge in [0.25, 0.3) is 5.91 Å². The predicted octanol–water partition coefficient (Wildman–Crippen LogP) is 4.64. The zero-order valence-corrected chi connectivity index (χ0v) is 18.0. The lowest BCUT2D eigenvalue weighted by atomic mass is 10.1. The van der Waals surface area contributed by atoms with Gasteiger partial charge in [0, 0.05) is 25.0 Å². The van der Waals surface area contributed by atoms with Gasteiger partial charge >= 0.3 is 0 Å². The molecular weight excluding hydrogens is 390 g/mol. The van der Waals surface area contributed by atoms with Crippen LogP contribution in [0, 0.1) is 0 Å². The third kappa shape index (κ3) is 5.45. The zero-order valence-electron chi connectivity index (χ0n) is 18.0. The molecule has 162 valence electrons. The quantitative estimate of drug-likeness (QED) is 0.576. The molecule has 1 aliphatic heterocycles. The Morgan fingerprint density at radius 2 is 1.87 bits per heavy atom. The minimum atomic E-state index is 0.0386. The van der Waals surface area contributed by atoms with Crippen molar-refractivity contribution in [3.8, 4) is 11.5 Å². The number of para-hydroxylation sites is 1. The normalized spacial score (nSPS) is 13.8. The Morgan fingerprint density at radius 1 is 1.03 bits per heavy atom. The number of aromatic nitrogens is 1. The smallest absolute Gasteiger partial charge is 0.260 e. The van der Waals surface area contributed by atoms with Gasteiger partial charge in [-0.1, -0.05) is 24.3 Å². The number of pyridine rings is 1. The number of nitrogens with one attached hydrogen (secondary N) is 1. The topological polar surface area (TPSA) is 63.7 Å². The number of carbonyl (C=O) groups is 1. The van der Waals surface area contributed by atoms with Crippen molar-refractivity contribution in [2.24, 2.45) is 0 Å². The Labute approximate surface area is 183 Å². The SMILES string of the molecule is CCOc1cc(CNc2cnc3ccccc3c2)ccc1OCC(=O)N1CCCCC1. The molecule has 1 aliphatic rings. The van der Waals surface area contributed by atoms with Crippen molar-refractivity contribution in [3.05, 3.63) is 60.3 Å². The average Bonchev–Trinajstić information content (AvgIpc) is 2.82. The standard InChI is InChI=1S/C25H29N3O3/c1-2-30-24-14-19(16-26-21-15-20-8-4-5-9-22(20)27-17-21)10-11-23(24)31-18-25(29)28-12-6-3-7-13-28/h4-5,8-11,14-15,17,26H,2-3,6-7,12-13,16,18H2,1H3. The van der Waals surface area contributed by atoms with Crippen LogP contribution in [0.15, 0.2) is 54.7 Å². The van der Waals surface area contributed by atoms with Crippen LogP contribution in [0.3, 0.4) is 0 Å². The van der Waals surface area contributed by atoms with Gasteiger partial charge < -0.3 is 19.7 Å². The lowest BCUT2D eigenvalue weighted by molar-refractivity contribution is -0.134. The summed E-state index contributed by atoms with van der Waals surface area (Å²) >= 11 is 0. The molecule has 0 unspecified atom stereocenters. The van der Waals surface area contributed by atoms with E-state index in [2.05, 4.69) is 22.4 Å². The molecule has 0 aliphatic carbocycles. The van der Waals surface area contributed by atoms with Crippen molar-refractivity contribution in [3.63, 3.8) is 0 Å². The van der Waals surface area contributed by atoms with Crippen molar-refractivity contribution in [2.75, 3.05) is 31.6 Å². The number of rotatable bonds is 8. The highest BCUT2D eigenvalue weighted by Gasteiger charge is 2.17. The Morgan fingerprint density at radius 3 is 2.71 bits per heavy atom. The number of benzene rings is 2. The molecule has 2 heterocycles. The predicted molar refractivity (Wildman–Crippen MR) is 123 cm³/mol. The molecule has 4 rings (SSSR count). The van der Waals surface area contributed by atoms with Crippen molar-refractivity contribution < 1.29 is 14.3 Å². The summed E-state index contributed by atoms with van der Waals surface area (Å²) < 4.78 is 11.6. The molecule has 6 nitrogen and oxygen atoms in total. The number of hydrogen-bond donors (Lipinski definition) is 1. The van der Waals surface area contributed by atoms with Gasteiger partial charge in [0.05, 0.1) is 24.0 Å². The second-order valence-electron chi connectivity index (χ2n) is 7.71. The average molecular weight is 420 g/mol. The first-order valence-corrected chi connectivity index (χ1v) is 11.0. The second-order valence-corrected chi connectivity index (χ2v) is 7.71. The van der Waals surface area contributed by atoms with Crippen LogP contribution in [0.25, 0.3) is 10.9 Å². The summed E-state index contributed by atoms with van der Waals surface area (Å²) in [5.41, 5.74) is 3.00. The highest BCUT2D eigenvalue weighted by Crippen LogP contribution is 2.29. The van der Waals surface area contributed by atoms with Crippen LogP contribution in [0.4, 0.5) is 5.69 Å². The highest BCUT2D eigenvalue weighted by molar-refractivity contribution is 5.81. The number of amides is 1. The summed E-state index contributed by atoms with van der Waals surface area (Å²) in [7, 11) is 0. The van der Waals surface area contributed by atoms with Crippen molar-refractivity contribution in [2.45, 2.75) is 32.7 Å². The fourth-order valence-corrected chi connectivity index (χ4v) is 3.80. The fourth-order valence-electron chi connectivity index (χ4n) is 3.80. The molecule has 1 saturated heterocycles. The van der Waals surface area contributed by atoms with Gasteiger partial charge in [-0.15, -0.1) is 0 Å². The summed E-state index contributed by atoms with van der Waals surface area (Å²) in [6.45, 7) is 4.80. The molecule has 3 aromatic rings. The van der Waals surface area contributed by atoms with Crippen molar-refractivity contribution in [1.82, 2.24) is 9.88 Å². The monoisotopic (exact) mass is 419 g/mol. The van der Waals surface area contributed by atoms with Gasteiger partial charge in [0.2, 0.25) is 0 Å². The van der Waals surface area contributed by atoms with Crippen molar-refractivity contribution in [1.29, 1.82) is 0 Å². The first-order valence-electron chi connectivity index (χ1n) is 11.0. The zero-order chi connectivity index (χ0) is 21.5. The summed E-state index contributed by atoms with van der Waals surface area (Å²) in [6, 6.07) is 16.0. The Kier molecular flexibility index (Phi) is 6.87. The minimum Gasteiger partial charge on any atom is -0.490 e. The molecule has 0 saturated carbocycles. The number of carbonyl (C=O) groups excluding carboxylic acids is 1. The van der Waals surface area contributed by atoms with Gasteiger partial charge in [-0.05, 0) is 56.0 Å². The van der Waals surface area contributed by atoms with E-state index in [9.17, 15) is 4.79 Å². The van der Waals surface area contributed by atoms with E-state index in [1.165, 1.54) is 6.42 Å². The molecule has 1 aromatic heterocycles. The fraction of sp³-hybridized carbons (Fsp3) is 0.360. The van der Waals surface area contributed by atoms with Gasteiger partial charge in [0.15, 0.2) is 18.1 Å². The van der Waals surface area contributed by atoms with E-state index < -0.39 is 0 Å². The number of piperidine rings is 1. The minimum absolute atomic E-state index is 0.0386. The van der Waals surface area contributed by atoms with E-state index in [1.54, 1.807) is 0 Å². The van der Waals surface area contributed by atoms with Crippen LogP contribution in [0.1, 0.15) is 31.7 Å². The van der Waals surface area contributed by atoms with Crippen LogP contribution >= 0.6 is 0 Å². The molecule has 31 heavy (non-hydrogen) atoms. The first-order chi connectivity index (χ1) is 15.2. The lowest BCUT2D eigenvalue weighted by Gasteiger charge is -2.26. The van der Waals surface area contributed by atoms with E-state index in [0.29, 0.717) is 24.7 Å². The molecule has 1 amide bonds. The van der Waals surface area contributed by atoms with E-state index in [4.69, 9.17) is 9.47 Å². The van der Waals surface area contributed by atoms with Crippen LogP contribution in [-0.4, -0.2) is 42.1 Å². The third-order valence-corrected chi connectivity index (χ3v) is 5.45. The van der Waals surface area contributed by atoms with Crippen LogP contribution < -0.4 is 14.8 Å². The maximum Gasteiger partial charge on any atom is 0.260 e. The number of nitrogens with zero attached hydrogens (tertiary/aromatic N) is 2. The van der Waals surface area contributed by atoms with Gasteiger partial charge in [-0.2, -0.15) is 0 Å². The molecule has 0 radical (unpaired) electrons. The Hall–Kier alpha value is -3.28. The third-order valence-electron chi connectivity index (χ3n) is 5.45. The summed E-state index contributed by atoms with van der Waals surface area (Å²) in [5, 5.41) is 4.52. The maximum absolute atomic E-state index is 12.4. The Bertz CT molecular complexity index is 1030. The number of likely N-dealkylation sites (tertiary alicyclic amines) is 1. The lowest BCUT2D eigenvalue weighted by Crippen LogP contribution is -2.38. The molecule has 0 bridgehead atoms. The molecule has 0 spiro atoms. The van der Waals surface area contributed by atoms with Crippen LogP contribution in [-0.2, 0) is 11.3 Å². The molecule has 1 fully saturated rings. The first kappa shape index (κ1) is 21.0.